The highest BCUT2D eigenvalue weighted by molar-refractivity contribution is 7.27. The van der Waals surface area contributed by atoms with Crippen molar-refractivity contribution in [3.8, 4) is 0 Å². The molecule has 0 aromatic heterocycles. The first-order valence-electron chi connectivity index (χ1n) is 7.96. The number of hydrogen-bond donors (Lipinski definition) is 1. The summed E-state index contributed by atoms with van der Waals surface area (Å²) in [6.07, 6.45) is 2.35. The van der Waals surface area contributed by atoms with E-state index in [1.54, 1.807) is 0 Å². The van der Waals surface area contributed by atoms with E-state index in [0.29, 0.717) is 6.42 Å². The van der Waals surface area contributed by atoms with Crippen molar-refractivity contribution in [2.24, 2.45) is 0 Å². The molecule has 0 saturated heterocycles. The first-order chi connectivity index (χ1) is 11.6. The number of benzene rings is 2. The second-order valence-electron chi connectivity index (χ2n) is 5.66. The van der Waals surface area contributed by atoms with Crippen molar-refractivity contribution in [2.75, 3.05) is 0 Å². The van der Waals surface area contributed by atoms with E-state index in [9.17, 15) is 14.5 Å². The van der Waals surface area contributed by atoms with Crippen molar-refractivity contribution < 1.29 is 19.2 Å². The van der Waals surface area contributed by atoms with Gasteiger partial charge in [-0.05, 0) is 36.8 Å². The number of unbranched alkanes of at least 4 members (excludes halogenated alkanes) is 1. The van der Waals surface area contributed by atoms with Crippen molar-refractivity contribution in [1.29, 1.82) is 0 Å². The molecule has 0 radical (unpaired) electrons. The lowest BCUT2D eigenvalue weighted by Gasteiger charge is -2.18. The molecule has 0 heterocycles. The summed E-state index contributed by atoms with van der Waals surface area (Å²) in [6, 6.07) is 19.2. The zero-order valence-electron chi connectivity index (χ0n) is 13.4. The summed E-state index contributed by atoms with van der Waals surface area (Å²) in [4.78, 5) is 12.1. The van der Waals surface area contributed by atoms with Gasteiger partial charge in [0.2, 0.25) is 13.8 Å². The highest BCUT2D eigenvalue weighted by atomic mass is 31.1. The first kappa shape index (κ1) is 18.3. The Hall–Kier alpha value is -2.03. The van der Waals surface area contributed by atoms with Crippen LogP contribution in [0.15, 0.2) is 60.7 Å². The molecule has 1 atom stereocenters. The maximum absolute atomic E-state index is 12.1. The lowest BCUT2D eigenvalue weighted by Crippen LogP contribution is -2.34. The summed E-state index contributed by atoms with van der Waals surface area (Å²) in [5.74, 6) is -0.845. The molecule has 2 aromatic carbocycles. The van der Waals surface area contributed by atoms with Crippen LogP contribution in [0.3, 0.4) is 0 Å². The van der Waals surface area contributed by atoms with Crippen molar-refractivity contribution in [2.45, 2.75) is 37.6 Å². The lowest BCUT2D eigenvalue weighted by molar-refractivity contribution is -0.158. The number of hydrogen-bond acceptors (Lipinski definition) is 4. The van der Waals surface area contributed by atoms with E-state index in [-0.39, 0.29) is 13.0 Å². The predicted molar refractivity (Wildman–Crippen MR) is 92.8 cm³/mol. The smallest absolute Gasteiger partial charge is 0.350 e. The number of esters is 1. The van der Waals surface area contributed by atoms with E-state index < -0.39 is 19.8 Å². The minimum absolute atomic E-state index is 0.0571. The predicted octanol–water partition coefficient (Wildman–Crippen LogP) is 4.12. The highest BCUT2D eigenvalue weighted by Crippen LogP contribution is 2.28. The molecule has 0 amide bonds. The summed E-state index contributed by atoms with van der Waals surface area (Å²) < 4.78 is 16.4. The van der Waals surface area contributed by atoms with Crippen molar-refractivity contribution >= 4 is 14.4 Å². The number of ether oxygens (including phenoxy) is 1. The van der Waals surface area contributed by atoms with Crippen molar-refractivity contribution in [1.82, 2.24) is 0 Å². The van der Waals surface area contributed by atoms with Gasteiger partial charge in [0.1, 0.15) is 6.61 Å². The van der Waals surface area contributed by atoms with Gasteiger partial charge in [0.25, 0.3) is 0 Å². The summed E-state index contributed by atoms with van der Waals surface area (Å²) in [7, 11) is -0.624. The Morgan fingerprint density at radius 1 is 0.958 bits per heavy atom. The molecular formula is C19H21O4P. The van der Waals surface area contributed by atoms with Crippen LogP contribution in [0.1, 0.15) is 30.4 Å². The zero-order chi connectivity index (χ0) is 17.3. The van der Waals surface area contributed by atoms with Gasteiger partial charge in [-0.1, -0.05) is 60.7 Å². The molecule has 5 heteroatoms. The Balaban J connectivity index is 1.79. The van der Waals surface area contributed by atoms with Gasteiger partial charge in [0.15, 0.2) is 0 Å². The average Bonchev–Trinajstić information content (AvgIpc) is 2.64. The van der Waals surface area contributed by atoms with Crippen LogP contribution in [0, 0.1) is 0 Å². The molecule has 0 fully saturated rings. The Bertz CT molecular complexity index is 645. The van der Waals surface area contributed by atoms with Gasteiger partial charge in [-0.15, -0.1) is 0 Å². The summed E-state index contributed by atoms with van der Waals surface area (Å²) in [6.45, 7) is 0.0571. The minimum Gasteiger partial charge on any atom is -0.458 e. The number of carbonyl (C=O) groups excluding carboxylic acids is 1. The maximum Gasteiger partial charge on any atom is 0.350 e. The molecule has 0 aliphatic rings. The van der Waals surface area contributed by atoms with Crippen LogP contribution in [-0.4, -0.2) is 16.4 Å². The Morgan fingerprint density at radius 3 is 2.12 bits per heavy atom. The van der Waals surface area contributed by atoms with Gasteiger partial charge in [0.05, 0.1) is 0 Å². The van der Waals surface area contributed by atoms with Gasteiger partial charge < -0.3 is 9.84 Å². The summed E-state index contributed by atoms with van der Waals surface area (Å²) in [5.41, 5.74) is 2.02. The van der Waals surface area contributed by atoms with E-state index in [1.165, 1.54) is 5.56 Å². The second-order valence-corrected chi connectivity index (χ2v) is 6.58. The van der Waals surface area contributed by atoms with Crippen LogP contribution in [0.4, 0.5) is 0 Å². The maximum atomic E-state index is 12.1. The topological polar surface area (TPSA) is 63.6 Å². The van der Waals surface area contributed by atoms with E-state index in [1.807, 2.05) is 60.7 Å². The number of aryl methyl sites for hydroxylation is 1. The van der Waals surface area contributed by atoms with Crippen LogP contribution in [0.25, 0.3) is 0 Å². The highest BCUT2D eigenvalue weighted by Gasteiger charge is 2.38. The average molecular weight is 344 g/mol. The van der Waals surface area contributed by atoms with E-state index in [2.05, 4.69) is 0 Å². The zero-order valence-corrected chi connectivity index (χ0v) is 14.3. The molecule has 2 aromatic rings. The standard InChI is InChI=1S/C19H21O4P/c20-18(23-15-17-12-5-2-6-13-17)19(21,24-22)14-8-7-11-16-9-3-1-4-10-16/h1-6,9-10,12-13,21H,7-8,11,14-15H2/t19-/m0/s1. The minimum atomic E-state index is -1.97. The molecule has 1 N–H and O–H groups in total. The van der Waals surface area contributed by atoms with Crippen LogP contribution < -0.4 is 0 Å². The largest absolute Gasteiger partial charge is 0.458 e. The third-order valence-electron chi connectivity index (χ3n) is 3.77. The molecule has 0 bridgehead atoms. The fourth-order valence-electron chi connectivity index (χ4n) is 2.37. The summed E-state index contributed by atoms with van der Waals surface area (Å²) in [5, 5.41) is 8.30. The molecule has 24 heavy (non-hydrogen) atoms. The lowest BCUT2D eigenvalue weighted by atomic mass is 10.1. The number of aliphatic hydroxyl groups is 1. The van der Waals surface area contributed by atoms with Crippen LogP contribution in [0.2, 0.25) is 0 Å². The van der Waals surface area contributed by atoms with Gasteiger partial charge in [-0.25, -0.2) is 4.79 Å². The molecule has 0 spiro atoms. The fourth-order valence-corrected chi connectivity index (χ4v) is 2.76. The Kier molecular flexibility index (Phi) is 7.10. The summed E-state index contributed by atoms with van der Waals surface area (Å²) >= 11 is 0. The molecule has 0 aliphatic heterocycles. The first-order valence-corrected chi connectivity index (χ1v) is 8.77. The van der Waals surface area contributed by atoms with Crippen molar-refractivity contribution in [3.63, 3.8) is 0 Å². The third kappa shape index (κ3) is 5.55. The number of carbonyl (C=O) groups is 1. The van der Waals surface area contributed by atoms with Crippen molar-refractivity contribution in [3.05, 3.63) is 71.8 Å². The number of rotatable bonds is 9. The van der Waals surface area contributed by atoms with Crippen LogP contribution >= 0.6 is 8.46 Å². The van der Waals surface area contributed by atoms with Gasteiger partial charge in [-0.3, -0.25) is 4.57 Å². The SMILES string of the molecule is O=P[C@@](O)(CCCCc1ccccc1)C(=O)OCc1ccccc1. The van der Waals surface area contributed by atoms with E-state index >= 15 is 0 Å². The van der Waals surface area contributed by atoms with Crippen LogP contribution in [0.5, 0.6) is 0 Å². The molecule has 2 rings (SSSR count). The fraction of sp³-hybridized carbons (Fsp3) is 0.316. The van der Waals surface area contributed by atoms with E-state index in [0.717, 1.165) is 18.4 Å². The monoisotopic (exact) mass is 344 g/mol. The quantitative estimate of drug-likeness (QED) is 0.422. The van der Waals surface area contributed by atoms with E-state index in [4.69, 9.17) is 4.74 Å². The molecular weight excluding hydrogens is 323 g/mol. The van der Waals surface area contributed by atoms with Gasteiger partial charge in [0, 0.05) is 0 Å². The Labute approximate surface area is 143 Å². The van der Waals surface area contributed by atoms with Gasteiger partial charge in [-0.2, -0.15) is 0 Å². The van der Waals surface area contributed by atoms with Gasteiger partial charge >= 0.3 is 5.97 Å². The van der Waals surface area contributed by atoms with Crippen LogP contribution in [-0.2, 0) is 27.1 Å². The molecule has 0 unspecified atom stereocenters. The molecule has 4 nitrogen and oxygen atoms in total. The normalized spacial score (nSPS) is 13.4. The Morgan fingerprint density at radius 2 is 1.54 bits per heavy atom. The molecule has 126 valence electrons. The molecule has 0 aliphatic carbocycles. The molecule has 0 saturated carbocycles. The second kappa shape index (κ2) is 9.31. The third-order valence-corrected chi connectivity index (χ3v) is 4.48.